The van der Waals surface area contributed by atoms with Gasteiger partial charge >= 0.3 is 0 Å². The molecule has 1 saturated heterocycles. The van der Waals surface area contributed by atoms with Gasteiger partial charge in [-0.3, -0.25) is 0 Å². The number of guanidine groups is 1. The molecule has 2 heterocycles. The third kappa shape index (κ3) is 9.60. The third-order valence-corrected chi connectivity index (χ3v) is 4.47. The molecule has 0 amide bonds. The molecule has 0 aliphatic carbocycles. The van der Waals surface area contributed by atoms with Crippen LogP contribution >= 0.6 is 24.0 Å². The Morgan fingerprint density at radius 1 is 1.19 bits per heavy atom. The van der Waals surface area contributed by atoms with Crippen molar-refractivity contribution in [2.75, 3.05) is 44.3 Å². The number of halogens is 1. The molecule has 2 rings (SSSR count). The number of nitrogens with one attached hydrogen (secondary N) is 2. The van der Waals surface area contributed by atoms with E-state index in [-0.39, 0.29) is 24.0 Å². The van der Waals surface area contributed by atoms with Gasteiger partial charge in [-0.25, -0.2) is 9.98 Å². The molecule has 1 aliphatic rings. The Hall–Kier alpha value is -1.09. The van der Waals surface area contributed by atoms with Gasteiger partial charge < -0.3 is 20.3 Å². The standard InChI is InChI=1S/C20H35N5O.HI/c1-3-21-20(23-11-6-9-15-26-4-2)24-17-18-10-12-22-19(16-18)25-13-7-5-8-14-25;/h10,12,16H,3-9,11,13-15,17H2,1-2H3,(H2,21,23,24);1H. The van der Waals surface area contributed by atoms with Crippen molar-refractivity contribution < 1.29 is 4.74 Å². The van der Waals surface area contributed by atoms with Crippen LogP contribution in [0.25, 0.3) is 0 Å². The molecule has 27 heavy (non-hydrogen) atoms. The number of unbranched alkanes of at least 4 members (excludes halogenated alkanes) is 1. The minimum Gasteiger partial charge on any atom is -0.382 e. The first-order valence-electron chi connectivity index (χ1n) is 10.1. The van der Waals surface area contributed by atoms with Crippen LogP contribution in [0.1, 0.15) is 51.5 Å². The van der Waals surface area contributed by atoms with E-state index in [0.29, 0.717) is 6.54 Å². The van der Waals surface area contributed by atoms with E-state index in [1.807, 2.05) is 13.1 Å². The molecule has 6 nitrogen and oxygen atoms in total. The first-order chi connectivity index (χ1) is 12.8. The molecular formula is C20H36IN5O. The van der Waals surface area contributed by atoms with Crippen molar-refractivity contribution in [3.63, 3.8) is 0 Å². The number of hydrogen-bond acceptors (Lipinski definition) is 4. The minimum atomic E-state index is 0. The van der Waals surface area contributed by atoms with Crippen molar-refractivity contribution in [1.82, 2.24) is 15.6 Å². The van der Waals surface area contributed by atoms with Gasteiger partial charge in [0.2, 0.25) is 0 Å². The van der Waals surface area contributed by atoms with Crippen LogP contribution < -0.4 is 15.5 Å². The quantitative estimate of drug-likeness (QED) is 0.228. The predicted octanol–water partition coefficient (Wildman–Crippen LogP) is 3.56. The summed E-state index contributed by atoms with van der Waals surface area (Å²) >= 11 is 0. The molecule has 154 valence electrons. The van der Waals surface area contributed by atoms with Gasteiger partial charge in [0.05, 0.1) is 6.54 Å². The molecule has 0 radical (unpaired) electrons. The topological polar surface area (TPSA) is 61.8 Å². The summed E-state index contributed by atoms with van der Waals surface area (Å²) in [6.45, 7) is 10.4. The average molecular weight is 489 g/mol. The highest BCUT2D eigenvalue weighted by Gasteiger charge is 2.12. The van der Waals surface area contributed by atoms with Gasteiger partial charge in [0.1, 0.15) is 5.82 Å². The van der Waals surface area contributed by atoms with Crippen LogP contribution in [-0.2, 0) is 11.3 Å². The molecule has 0 bridgehead atoms. The molecule has 0 unspecified atom stereocenters. The monoisotopic (exact) mass is 489 g/mol. The van der Waals surface area contributed by atoms with Crippen LogP contribution in [0.5, 0.6) is 0 Å². The SMILES string of the molecule is CCNC(=NCc1ccnc(N2CCCCC2)c1)NCCCCOCC.I. The van der Waals surface area contributed by atoms with Crippen molar-refractivity contribution in [3.8, 4) is 0 Å². The predicted molar refractivity (Wildman–Crippen MR) is 124 cm³/mol. The van der Waals surface area contributed by atoms with E-state index >= 15 is 0 Å². The molecule has 0 aromatic carbocycles. The maximum atomic E-state index is 5.37. The van der Waals surface area contributed by atoms with Crippen molar-refractivity contribution in [3.05, 3.63) is 23.9 Å². The summed E-state index contributed by atoms with van der Waals surface area (Å²) in [5, 5.41) is 6.72. The molecule has 0 atom stereocenters. The number of aromatic nitrogens is 1. The van der Waals surface area contributed by atoms with Crippen LogP contribution in [0.15, 0.2) is 23.3 Å². The molecule has 7 heteroatoms. The lowest BCUT2D eigenvalue weighted by atomic mass is 10.1. The van der Waals surface area contributed by atoms with Crippen LogP contribution in [0, 0.1) is 0 Å². The molecule has 0 saturated carbocycles. The summed E-state index contributed by atoms with van der Waals surface area (Å²) in [5.74, 6) is 1.96. The fourth-order valence-corrected chi connectivity index (χ4v) is 3.05. The summed E-state index contributed by atoms with van der Waals surface area (Å²) in [7, 11) is 0. The molecule has 0 spiro atoms. The van der Waals surface area contributed by atoms with E-state index in [9.17, 15) is 0 Å². The summed E-state index contributed by atoms with van der Waals surface area (Å²) in [5.41, 5.74) is 1.20. The lowest BCUT2D eigenvalue weighted by molar-refractivity contribution is 0.143. The Kier molecular flexibility index (Phi) is 13.2. The number of hydrogen-bond donors (Lipinski definition) is 2. The fourth-order valence-electron chi connectivity index (χ4n) is 3.05. The Balaban J connectivity index is 0.00000364. The highest BCUT2D eigenvalue weighted by Crippen LogP contribution is 2.18. The number of anilines is 1. The highest BCUT2D eigenvalue weighted by atomic mass is 127. The van der Waals surface area contributed by atoms with Gasteiger partial charge in [0.15, 0.2) is 5.96 Å². The van der Waals surface area contributed by atoms with Crippen LogP contribution in [-0.4, -0.2) is 50.3 Å². The summed E-state index contributed by atoms with van der Waals surface area (Å²) < 4.78 is 5.37. The molecular weight excluding hydrogens is 453 g/mol. The Morgan fingerprint density at radius 2 is 2.00 bits per heavy atom. The van der Waals surface area contributed by atoms with E-state index in [0.717, 1.165) is 64.0 Å². The second-order valence-electron chi connectivity index (χ2n) is 6.60. The molecule has 1 aliphatic heterocycles. The Bertz CT molecular complexity index is 535. The molecule has 1 aromatic heterocycles. The number of aliphatic imine (C=N–C) groups is 1. The van der Waals surface area contributed by atoms with Crippen LogP contribution in [0.4, 0.5) is 5.82 Å². The summed E-state index contributed by atoms with van der Waals surface area (Å²) in [4.78, 5) is 11.7. The lowest BCUT2D eigenvalue weighted by Crippen LogP contribution is -2.37. The number of rotatable bonds is 10. The highest BCUT2D eigenvalue weighted by molar-refractivity contribution is 14.0. The summed E-state index contributed by atoms with van der Waals surface area (Å²) in [6.07, 6.45) is 7.93. The number of nitrogens with zero attached hydrogens (tertiary/aromatic N) is 3. The van der Waals surface area contributed by atoms with Crippen LogP contribution in [0.3, 0.4) is 0 Å². The van der Waals surface area contributed by atoms with Crippen molar-refractivity contribution in [2.24, 2.45) is 4.99 Å². The Labute approximate surface area is 181 Å². The van der Waals surface area contributed by atoms with Gasteiger partial charge in [-0.1, -0.05) is 0 Å². The largest absolute Gasteiger partial charge is 0.382 e. The van der Waals surface area contributed by atoms with E-state index < -0.39 is 0 Å². The van der Waals surface area contributed by atoms with Gasteiger partial charge in [0.25, 0.3) is 0 Å². The van der Waals surface area contributed by atoms with Gasteiger partial charge in [-0.05, 0) is 63.6 Å². The molecule has 1 aromatic rings. The van der Waals surface area contributed by atoms with Gasteiger partial charge in [-0.2, -0.15) is 0 Å². The maximum Gasteiger partial charge on any atom is 0.191 e. The van der Waals surface area contributed by atoms with Crippen molar-refractivity contribution in [2.45, 2.75) is 52.5 Å². The van der Waals surface area contributed by atoms with E-state index in [4.69, 9.17) is 9.73 Å². The lowest BCUT2D eigenvalue weighted by Gasteiger charge is -2.27. The minimum absolute atomic E-state index is 0. The van der Waals surface area contributed by atoms with Gasteiger partial charge in [-0.15, -0.1) is 24.0 Å². The third-order valence-electron chi connectivity index (χ3n) is 4.47. The maximum absolute atomic E-state index is 5.37. The van der Waals surface area contributed by atoms with Gasteiger partial charge in [0, 0.05) is 45.6 Å². The number of piperidine rings is 1. The normalized spacial score (nSPS) is 14.6. The zero-order valence-corrected chi connectivity index (χ0v) is 19.2. The molecule has 1 fully saturated rings. The average Bonchev–Trinajstić information content (AvgIpc) is 2.69. The van der Waals surface area contributed by atoms with E-state index in [2.05, 4.69) is 39.6 Å². The second-order valence-corrected chi connectivity index (χ2v) is 6.60. The fraction of sp³-hybridized carbons (Fsp3) is 0.700. The van der Waals surface area contributed by atoms with Crippen molar-refractivity contribution >= 4 is 35.8 Å². The number of pyridine rings is 1. The zero-order chi connectivity index (χ0) is 18.5. The molecule has 2 N–H and O–H groups in total. The zero-order valence-electron chi connectivity index (χ0n) is 16.9. The van der Waals surface area contributed by atoms with E-state index in [1.54, 1.807) is 0 Å². The van der Waals surface area contributed by atoms with Crippen LogP contribution in [0.2, 0.25) is 0 Å². The first kappa shape index (κ1) is 23.9. The van der Waals surface area contributed by atoms with Crippen molar-refractivity contribution in [1.29, 1.82) is 0 Å². The summed E-state index contributed by atoms with van der Waals surface area (Å²) in [6, 6.07) is 4.24. The first-order valence-corrected chi connectivity index (χ1v) is 10.1. The van der Waals surface area contributed by atoms with E-state index in [1.165, 1.54) is 24.8 Å². The Morgan fingerprint density at radius 3 is 2.74 bits per heavy atom. The smallest absolute Gasteiger partial charge is 0.191 e. The second kappa shape index (κ2) is 14.9. The number of ether oxygens (including phenoxy) is 1.